The van der Waals surface area contributed by atoms with Gasteiger partial charge in [-0.2, -0.15) is 0 Å². The highest BCUT2D eigenvalue weighted by Gasteiger charge is 2.37. The molecule has 31 heavy (non-hydrogen) atoms. The number of allylic oxidation sites excluding steroid dienone is 2. The minimum atomic E-state index is -0.350. The number of ketones is 2. The van der Waals surface area contributed by atoms with Crippen LogP contribution < -0.4 is 5.32 Å². The average molecular weight is 422 g/mol. The Kier molecular flexibility index (Phi) is 7.28. The zero-order valence-electron chi connectivity index (χ0n) is 17.9. The number of carbonyl (C=O) groups is 3. The Bertz CT molecular complexity index is 1000. The lowest BCUT2D eigenvalue weighted by Gasteiger charge is -2.32. The monoisotopic (exact) mass is 422 g/mol. The number of carbonyl (C=O) groups excluding carboxylic acids is 3. The summed E-state index contributed by atoms with van der Waals surface area (Å²) in [6, 6.07) is 10.4. The predicted molar refractivity (Wildman–Crippen MR) is 115 cm³/mol. The second-order valence-corrected chi connectivity index (χ2v) is 7.29. The molecule has 1 N–H and O–H groups in total. The van der Waals surface area contributed by atoms with Crippen LogP contribution in [-0.2, 0) is 16.1 Å². The molecule has 0 atom stereocenters. The molecule has 0 unspecified atom stereocenters. The van der Waals surface area contributed by atoms with E-state index in [1.807, 2.05) is 12.1 Å². The SMILES string of the molecule is COCCN(C(=O)CNCc1ccncc1)C1=C(N(C)C)C(=O)c2ccccc2C1=O. The maximum absolute atomic E-state index is 13.4. The summed E-state index contributed by atoms with van der Waals surface area (Å²) in [5.41, 5.74) is 1.91. The molecule has 1 heterocycles. The minimum Gasteiger partial charge on any atom is -0.383 e. The van der Waals surface area contributed by atoms with Crippen LogP contribution >= 0.6 is 0 Å². The standard InChI is InChI=1S/C23H26N4O4/c1-26(2)20-21(23(30)18-7-5-4-6-17(18)22(20)29)27(12-13-31-3)19(28)15-25-14-16-8-10-24-11-9-16/h4-11,25H,12-15H2,1-3H3. The highest BCUT2D eigenvalue weighted by atomic mass is 16.5. The number of rotatable bonds is 9. The fourth-order valence-corrected chi connectivity index (χ4v) is 3.47. The summed E-state index contributed by atoms with van der Waals surface area (Å²) in [7, 11) is 4.90. The molecule has 0 bridgehead atoms. The number of hydrogen-bond acceptors (Lipinski definition) is 7. The van der Waals surface area contributed by atoms with Crippen LogP contribution in [0.1, 0.15) is 26.3 Å². The van der Waals surface area contributed by atoms with Gasteiger partial charge in [0.2, 0.25) is 17.5 Å². The number of aromatic nitrogens is 1. The molecule has 8 nitrogen and oxygen atoms in total. The molecule has 3 rings (SSSR count). The summed E-state index contributed by atoms with van der Waals surface area (Å²) in [5.74, 6) is -0.950. The summed E-state index contributed by atoms with van der Waals surface area (Å²) in [5, 5.41) is 3.09. The van der Waals surface area contributed by atoms with E-state index in [-0.39, 0.29) is 48.6 Å². The number of ether oxygens (including phenoxy) is 1. The Balaban J connectivity index is 1.91. The lowest BCUT2D eigenvalue weighted by atomic mass is 9.89. The summed E-state index contributed by atoms with van der Waals surface area (Å²) < 4.78 is 5.16. The van der Waals surface area contributed by atoms with Crippen molar-refractivity contribution in [3.63, 3.8) is 0 Å². The summed E-state index contributed by atoms with van der Waals surface area (Å²) >= 11 is 0. The van der Waals surface area contributed by atoms with Crippen LogP contribution in [0.15, 0.2) is 60.2 Å². The molecular weight excluding hydrogens is 396 g/mol. The smallest absolute Gasteiger partial charge is 0.241 e. The molecule has 1 aliphatic carbocycles. The highest BCUT2D eigenvalue weighted by Crippen LogP contribution is 2.29. The highest BCUT2D eigenvalue weighted by molar-refractivity contribution is 6.27. The molecule has 1 amide bonds. The Morgan fingerprint density at radius 3 is 2.19 bits per heavy atom. The van der Waals surface area contributed by atoms with Gasteiger partial charge in [0.25, 0.3) is 0 Å². The summed E-state index contributed by atoms with van der Waals surface area (Å²) in [6.45, 7) is 0.852. The molecule has 162 valence electrons. The first-order valence-electron chi connectivity index (χ1n) is 9.94. The van der Waals surface area contributed by atoms with Gasteiger partial charge in [-0.1, -0.05) is 24.3 Å². The molecule has 2 aromatic rings. The van der Waals surface area contributed by atoms with E-state index >= 15 is 0 Å². The van der Waals surface area contributed by atoms with Gasteiger partial charge in [-0.3, -0.25) is 19.4 Å². The Labute approximate surface area is 181 Å². The molecule has 0 saturated heterocycles. The third kappa shape index (κ3) is 4.87. The first-order chi connectivity index (χ1) is 15.0. The van der Waals surface area contributed by atoms with Gasteiger partial charge in [-0.05, 0) is 17.7 Å². The van der Waals surface area contributed by atoms with Crippen LogP contribution in [0.2, 0.25) is 0 Å². The van der Waals surface area contributed by atoms with Gasteiger partial charge in [0.1, 0.15) is 11.4 Å². The molecule has 1 aromatic carbocycles. The Morgan fingerprint density at radius 1 is 1.00 bits per heavy atom. The zero-order valence-corrected chi connectivity index (χ0v) is 17.9. The van der Waals surface area contributed by atoms with E-state index in [9.17, 15) is 14.4 Å². The molecule has 0 radical (unpaired) electrons. The van der Waals surface area contributed by atoms with E-state index in [0.717, 1.165) is 5.56 Å². The van der Waals surface area contributed by atoms with Crippen molar-refractivity contribution in [2.24, 2.45) is 0 Å². The number of nitrogens with zero attached hydrogens (tertiary/aromatic N) is 3. The van der Waals surface area contributed by atoms with Crippen molar-refractivity contribution in [3.05, 3.63) is 76.9 Å². The van der Waals surface area contributed by atoms with Crippen LogP contribution in [0, 0.1) is 0 Å². The molecular formula is C23H26N4O4. The second kappa shape index (κ2) is 10.1. The predicted octanol–water partition coefficient (Wildman–Crippen LogP) is 1.50. The van der Waals surface area contributed by atoms with E-state index in [1.165, 1.54) is 12.0 Å². The van der Waals surface area contributed by atoms with Gasteiger partial charge in [0, 0.05) is 57.8 Å². The van der Waals surface area contributed by atoms with Gasteiger partial charge >= 0.3 is 0 Å². The average Bonchev–Trinajstić information content (AvgIpc) is 2.77. The van der Waals surface area contributed by atoms with Crippen molar-refractivity contribution in [3.8, 4) is 0 Å². The lowest BCUT2D eigenvalue weighted by Crippen LogP contribution is -2.45. The number of methoxy groups -OCH3 is 1. The fourth-order valence-electron chi connectivity index (χ4n) is 3.47. The van der Waals surface area contributed by atoms with Gasteiger partial charge in [0.15, 0.2) is 0 Å². The number of nitrogens with one attached hydrogen (secondary N) is 1. The number of hydrogen-bond donors (Lipinski definition) is 1. The first kappa shape index (κ1) is 22.3. The largest absolute Gasteiger partial charge is 0.383 e. The number of likely N-dealkylation sites (N-methyl/N-ethyl adjacent to an activating group) is 1. The molecule has 0 spiro atoms. The van der Waals surface area contributed by atoms with Crippen LogP contribution in [0.25, 0.3) is 0 Å². The summed E-state index contributed by atoms with van der Waals surface area (Å²) in [4.78, 5) is 46.6. The molecule has 8 heteroatoms. The molecule has 1 aromatic heterocycles. The normalized spacial score (nSPS) is 13.3. The van der Waals surface area contributed by atoms with E-state index < -0.39 is 0 Å². The summed E-state index contributed by atoms with van der Waals surface area (Å²) in [6.07, 6.45) is 3.36. The van der Waals surface area contributed by atoms with Gasteiger partial charge in [-0.25, -0.2) is 0 Å². The third-order valence-electron chi connectivity index (χ3n) is 4.96. The van der Waals surface area contributed by atoms with E-state index in [4.69, 9.17) is 4.74 Å². The Morgan fingerprint density at radius 2 is 1.61 bits per heavy atom. The maximum atomic E-state index is 13.4. The van der Waals surface area contributed by atoms with Crippen LogP contribution in [0.3, 0.4) is 0 Å². The number of amides is 1. The number of fused-ring (bicyclic) bond motifs is 1. The Hall–Kier alpha value is -3.36. The van der Waals surface area contributed by atoms with Gasteiger partial charge in [-0.15, -0.1) is 0 Å². The minimum absolute atomic E-state index is 0.000632. The van der Waals surface area contributed by atoms with Crippen LogP contribution in [0.4, 0.5) is 0 Å². The van der Waals surface area contributed by atoms with Crippen LogP contribution in [-0.4, -0.2) is 73.2 Å². The third-order valence-corrected chi connectivity index (χ3v) is 4.96. The van der Waals surface area contributed by atoms with Crippen molar-refractivity contribution in [1.29, 1.82) is 0 Å². The lowest BCUT2D eigenvalue weighted by molar-refractivity contribution is -0.128. The van der Waals surface area contributed by atoms with Gasteiger partial charge < -0.3 is 19.9 Å². The quantitative estimate of drug-likeness (QED) is 0.655. The van der Waals surface area contributed by atoms with Crippen LogP contribution in [0.5, 0.6) is 0 Å². The van der Waals surface area contributed by atoms with Crippen molar-refractivity contribution >= 4 is 17.5 Å². The molecule has 0 saturated carbocycles. The number of benzene rings is 1. The number of pyridine rings is 1. The zero-order chi connectivity index (χ0) is 22.4. The van der Waals surface area contributed by atoms with Crippen molar-refractivity contribution in [2.75, 3.05) is 40.9 Å². The van der Waals surface area contributed by atoms with E-state index in [1.54, 1.807) is 55.7 Å². The fraction of sp³-hybridized carbons (Fsp3) is 0.304. The van der Waals surface area contributed by atoms with E-state index in [0.29, 0.717) is 17.7 Å². The topological polar surface area (TPSA) is 91.8 Å². The van der Waals surface area contributed by atoms with Crippen molar-refractivity contribution in [2.45, 2.75) is 6.54 Å². The molecule has 1 aliphatic rings. The molecule has 0 aliphatic heterocycles. The maximum Gasteiger partial charge on any atom is 0.241 e. The molecule has 0 fully saturated rings. The van der Waals surface area contributed by atoms with Crippen molar-refractivity contribution < 1.29 is 19.1 Å². The van der Waals surface area contributed by atoms with Crippen molar-refractivity contribution in [1.82, 2.24) is 20.1 Å². The number of Topliss-reactive ketones (excluding diaryl/α,β-unsaturated/α-hetero) is 2. The van der Waals surface area contributed by atoms with E-state index in [2.05, 4.69) is 10.3 Å². The first-order valence-corrected chi connectivity index (χ1v) is 9.94. The second-order valence-electron chi connectivity index (χ2n) is 7.29. The van der Waals surface area contributed by atoms with Gasteiger partial charge in [0.05, 0.1) is 13.2 Å².